The largest absolute Gasteiger partial charge is 0.465 e. The van der Waals surface area contributed by atoms with Crippen LogP contribution >= 0.6 is 0 Å². The number of nitrogens with zero attached hydrogens (tertiary/aromatic N) is 3. The van der Waals surface area contributed by atoms with Crippen LogP contribution < -0.4 is 10.2 Å². The fraction of sp³-hybridized carbons (Fsp3) is 0.286. The van der Waals surface area contributed by atoms with Gasteiger partial charge < -0.3 is 19.9 Å². The smallest absolute Gasteiger partial charge is 0.338 e. The Morgan fingerprint density at radius 1 is 1.00 bits per heavy atom. The molecule has 0 aliphatic carbocycles. The van der Waals surface area contributed by atoms with Crippen LogP contribution in [0.2, 0.25) is 0 Å². The number of carbonyl (C=O) groups is 3. The van der Waals surface area contributed by atoms with E-state index in [0.29, 0.717) is 43.1 Å². The summed E-state index contributed by atoms with van der Waals surface area (Å²) in [6, 6.07) is 10.5. The number of esters is 1. The van der Waals surface area contributed by atoms with E-state index in [9.17, 15) is 24.5 Å². The number of piperazine rings is 1. The van der Waals surface area contributed by atoms with Crippen molar-refractivity contribution < 1.29 is 24.0 Å². The fourth-order valence-corrected chi connectivity index (χ4v) is 3.32. The molecule has 2 aromatic rings. The number of Topliss-reactive ketones (excluding diaryl/α,β-unsaturated/α-hetero) is 1. The Bertz CT molecular complexity index is 1010. The van der Waals surface area contributed by atoms with Crippen molar-refractivity contribution in [2.24, 2.45) is 0 Å². The molecule has 0 atom stereocenters. The number of carbonyl (C=O) groups excluding carboxylic acids is 3. The molecule has 2 amide bonds. The van der Waals surface area contributed by atoms with E-state index in [1.54, 1.807) is 29.2 Å². The lowest BCUT2D eigenvalue weighted by Crippen LogP contribution is -2.50. The van der Waals surface area contributed by atoms with Crippen LogP contribution in [-0.2, 0) is 4.74 Å². The van der Waals surface area contributed by atoms with Gasteiger partial charge in [-0.25, -0.2) is 9.59 Å². The van der Waals surface area contributed by atoms with E-state index in [2.05, 4.69) is 10.1 Å². The van der Waals surface area contributed by atoms with E-state index in [4.69, 9.17) is 0 Å². The number of methoxy groups -OCH3 is 1. The molecule has 0 spiro atoms. The van der Waals surface area contributed by atoms with E-state index in [1.165, 1.54) is 32.2 Å². The van der Waals surface area contributed by atoms with Gasteiger partial charge in [0.1, 0.15) is 5.69 Å². The van der Waals surface area contributed by atoms with E-state index < -0.39 is 10.9 Å². The number of benzene rings is 2. The Balaban J connectivity index is 1.65. The Morgan fingerprint density at radius 2 is 1.61 bits per heavy atom. The van der Waals surface area contributed by atoms with E-state index >= 15 is 0 Å². The molecule has 2 aromatic carbocycles. The van der Waals surface area contributed by atoms with Crippen LogP contribution in [0.25, 0.3) is 0 Å². The zero-order valence-electron chi connectivity index (χ0n) is 17.2. The molecule has 162 valence electrons. The summed E-state index contributed by atoms with van der Waals surface area (Å²) >= 11 is 0. The molecule has 1 heterocycles. The fourth-order valence-electron chi connectivity index (χ4n) is 3.32. The van der Waals surface area contributed by atoms with E-state index in [0.717, 1.165) is 0 Å². The van der Waals surface area contributed by atoms with Crippen LogP contribution in [0.15, 0.2) is 42.5 Å². The molecule has 0 saturated carbocycles. The third kappa shape index (κ3) is 4.97. The van der Waals surface area contributed by atoms with Crippen LogP contribution in [0.5, 0.6) is 0 Å². The Kier molecular flexibility index (Phi) is 6.49. The minimum absolute atomic E-state index is 0.0530. The number of hydrogen-bond acceptors (Lipinski definition) is 7. The van der Waals surface area contributed by atoms with Gasteiger partial charge in [0, 0.05) is 43.5 Å². The van der Waals surface area contributed by atoms with Gasteiger partial charge in [-0.05, 0) is 43.3 Å². The highest BCUT2D eigenvalue weighted by Gasteiger charge is 2.27. The summed E-state index contributed by atoms with van der Waals surface area (Å²) in [5.74, 6) is -0.699. The number of amides is 2. The maximum absolute atomic E-state index is 12.5. The molecule has 10 nitrogen and oxygen atoms in total. The van der Waals surface area contributed by atoms with Gasteiger partial charge in [0.05, 0.1) is 17.6 Å². The average Bonchev–Trinajstić information content (AvgIpc) is 2.78. The summed E-state index contributed by atoms with van der Waals surface area (Å²) in [7, 11) is 1.21. The molecule has 1 aliphatic heterocycles. The predicted octanol–water partition coefficient (Wildman–Crippen LogP) is 2.94. The van der Waals surface area contributed by atoms with Crippen LogP contribution in [0, 0.1) is 10.1 Å². The maximum Gasteiger partial charge on any atom is 0.338 e. The number of rotatable bonds is 5. The Hall–Kier alpha value is -3.95. The number of ether oxygens (including phenoxy) is 1. The standard InChI is InChI=1S/C21H22N4O6/c1-14(26)15-3-6-17(7-4-15)22-21(28)24-11-9-23(10-12-24)18-8-5-16(20(27)31-2)13-19(18)25(29)30/h3-8,13H,9-12H2,1-2H3,(H,22,28). The summed E-state index contributed by atoms with van der Waals surface area (Å²) in [4.78, 5) is 49.9. The van der Waals surface area contributed by atoms with Crippen LogP contribution in [-0.4, -0.2) is 60.9 Å². The monoisotopic (exact) mass is 426 g/mol. The maximum atomic E-state index is 12.5. The minimum Gasteiger partial charge on any atom is -0.465 e. The predicted molar refractivity (Wildman–Crippen MR) is 114 cm³/mol. The van der Waals surface area contributed by atoms with Gasteiger partial charge in [0.15, 0.2) is 5.78 Å². The molecule has 1 aliphatic rings. The lowest BCUT2D eigenvalue weighted by atomic mass is 10.1. The SMILES string of the molecule is COC(=O)c1ccc(N2CCN(C(=O)Nc3ccc(C(C)=O)cc3)CC2)c([N+](=O)[O-])c1. The zero-order chi connectivity index (χ0) is 22.5. The molecular weight excluding hydrogens is 404 g/mol. The van der Waals surface area contributed by atoms with Gasteiger partial charge in [-0.15, -0.1) is 0 Å². The lowest BCUT2D eigenvalue weighted by molar-refractivity contribution is -0.384. The molecule has 3 rings (SSSR count). The first kappa shape index (κ1) is 21.8. The van der Waals surface area contributed by atoms with Gasteiger partial charge in [0.2, 0.25) is 0 Å². The topological polar surface area (TPSA) is 122 Å². The van der Waals surface area contributed by atoms with Crippen molar-refractivity contribution in [1.29, 1.82) is 0 Å². The molecule has 0 unspecified atom stereocenters. The summed E-state index contributed by atoms with van der Waals surface area (Å²) < 4.78 is 4.62. The van der Waals surface area contributed by atoms with Gasteiger partial charge in [-0.1, -0.05) is 0 Å². The Labute approximate surface area is 178 Å². The number of ketones is 1. The third-order valence-corrected chi connectivity index (χ3v) is 5.04. The van der Waals surface area contributed by atoms with Gasteiger partial charge >= 0.3 is 12.0 Å². The summed E-state index contributed by atoms with van der Waals surface area (Å²) in [5, 5.41) is 14.3. The number of nitro benzene ring substituents is 1. The molecule has 1 fully saturated rings. The van der Waals surface area contributed by atoms with Crippen molar-refractivity contribution in [3.63, 3.8) is 0 Å². The molecule has 0 bridgehead atoms. The van der Waals surface area contributed by atoms with Crippen molar-refractivity contribution in [2.75, 3.05) is 43.5 Å². The van der Waals surface area contributed by atoms with Gasteiger partial charge in [-0.3, -0.25) is 14.9 Å². The molecular formula is C21H22N4O6. The molecule has 0 aromatic heterocycles. The minimum atomic E-state index is -0.646. The van der Waals surface area contributed by atoms with Crippen molar-refractivity contribution in [3.05, 3.63) is 63.7 Å². The molecule has 1 saturated heterocycles. The second kappa shape index (κ2) is 9.24. The number of nitro groups is 1. The average molecular weight is 426 g/mol. The second-order valence-corrected chi connectivity index (χ2v) is 6.99. The molecule has 31 heavy (non-hydrogen) atoms. The van der Waals surface area contributed by atoms with Gasteiger partial charge in [0.25, 0.3) is 5.69 Å². The second-order valence-electron chi connectivity index (χ2n) is 6.99. The number of urea groups is 1. The summed E-state index contributed by atoms with van der Waals surface area (Å²) in [5.41, 5.74) is 1.44. The molecule has 0 radical (unpaired) electrons. The first-order valence-corrected chi connectivity index (χ1v) is 9.59. The van der Waals surface area contributed by atoms with Crippen molar-refractivity contribution >= 4 is 34.8 Å². The quantitative estimate of drug-likeness (QED) is 0.337. The van der Waals surface area contributed by atoms with Crippen molar-refractivity contribution in [3.8, 4) is 0 Å². The van der Waals surface area contributed by atoms with E-state index in [1.807, 2.05) is 4.90 Å². The van der Waals surface area contributed by atoms with Gasteiger partial charge in [-0.2, -0.15) is 0 Å². The highest BCUT2D eigenvalue weighted by Crippen LogP contribution is 2.30. The lowest BCUT2D eigenvalue weighted by Gasteiger charge is -2.35. The first-order valence-electron chi connectivity index (χ1n) is 9.59. The molecule has 1 N–H and O–H groups in total. The first-order chi connectivity index (χ1) is 14.8. The van der Waals surface area contributed by atoms with Crippen molar-refractivity contribution in [1.82, 2.24) is 4.90 Å². The zero-order valence-corrected chi connectivity index (χ0v) is 17.2. The number of hydrogen-bond donors (Lipinski definition) is 1. The number of anilines is 2. The normalized spacial score (nSPS) is 13.5. The van der Waals surface area contributed by atoms with Crippen molar-refractivity contribution in [2.45, 2.75) is 6.92 Å². The Morgan fingerprint density at radius 3 is 2.16 bits per heavy atom. The van der Waals surface area contributed by atoms with Crippen LogP contribution in [0.3, 0.4) is 0 Å². The summed E-state index contributed by atoms with van der Waals surface area (Å²) in [6.45, 7) is 3.01. The van der Waals surface area contributed by atoms with Crippen LogP contribution in [0.4, 0.5) is 21.9 Å². The third-order valence-electron chi connectivity index (χ3n) is 5.04. The van der Waals surface area contributed by atoms with Crippen LogP contribution in [0.1, 0.15) is 27.6 Å². The summed E-state index contributed by atoms with van der Waals surface area (Å²) in [6.07, 6.45) is 0. The highest BCUT2D eigenvalue weighted by atomic mass is 16.6. The highest BCUT2D eigenvalue weighted by molar-refractivity contribution is 5.95. The number of nitrogens with one attached hydrogen (secondary N) is 1. The van der Waals surface area contributed by atoms with E-state index in [-0.39, 0.29) is 23.1 Å². The molecule has 10 heteroatoms.